The predicted molar refractivity (Wildman–Crippen MR) is 91.8 cm³/mol. The van der Waals surface area contributed by atoms with Gasteiger partial charge in [-0.25, -0.2) is 9.50 Å². The zero-order valence-electron chi connectivity index (χ0n) is 13.7. The quantitative estimate of drug-likeness (QED) is 0.760. The second-order valence-electron chi connectivity index (χ2n) is 6.78. The fourth-order valence-corrected chi connectivity index (χ4v) is 3.30. The maximum atomic E-state index is 11.3. The van der Waals surface area contributed by atoms with Crippen LogP contribution in [-0.2, 0) is 4.79 Å². The van der Waals surface area contributed by atoms with Crippen LogP contribution in [0.5, 0.6) is 0 Å². The number of nitrogens with one attached hydrogen (secondary N) is 2. The van der Waals surface area contributed by atoms with Gasteiger partial charge in [0.2, 0.25) is 5.91 Å². The summed E-state index contributed by atoms with van der Waals surface area (Å²) in [6.45, 7) is 0.626. The Morgan fingerprint density at radius 2 is 2.20 bits per heavy atom. The molecule has 1 saturated heterocycles. The molecule has 128 valence electrons. The topological polar surface area (TPSA) is 89.1 Å². The highest BCUT2D eigenvalue weighted by Crippen LogP contribution is 2.40. The fraction of sp³-hybridized carbons (Fsp3) is 0.412. The molecule has 1 aliphatic carbocycles. The predicted octanol–water partition coefficient (Wildman–Crippen LogP) is 2.00. The fourth-order valence-electron chi connectivity index (χ4n) is 3.30. The van der Waals surface area contributed by atoms with Crippen LogP contribution in [0.2, 0.25) is 0 Å². The molecule has 5 rings (SSSR count). The number of hydrogen-bond donors (Lipinski definition) is 2. The number of nitrogens with zero attached hydrogens (tertiary/aromatic N) is 5. The van der Waals surface area contributed by atoms with Crippen molar-refractivity contribution in [2.75, 3.05) is 11.9 Å². The number of piperidine rings is 1. The first-order chi connectivity index (χ1) is 12.3. The largest absolute Gasteiger partial charge is 0.354 e. The third-order valence-corrected chi connectivity index (χ3v) is 4.88. The second kappa shape index (κ2) is 5.58. The lowest BCUT2D eigenvalue weighted by Crippen LogP contribution is -2.36. The number of aromatic nitrogens is 5. The van der Waals surface area contributed by atoms with Crippen LogP contribution in [0.15, 0.2) is 30.9 Å². The Morgan fingerprint density at radius 1 is 1.28 bits per heavy atom. The Hall–Kier alpha value is -2.90. The highest BCUT2D eigenvalue weighted by Gasteiger charge is 2.27. The number of rotatable bonds is 4. The van der Waals surface area contributed by atoms with Crippen LogP contribution in [0.25, 0.3) is 5.52 Å². The third-order valence-electron chi connectivity index (χ3n) is 4.88. The molecule has 0 aromatic carbocycles. The zero-order chi connectivity index (χ0) is 16.8. The van der Waals surface area contributed by atoms with Gasteiger partial charge < -0.3 is 10.6 Å². The monoisotopic (exact) mass is 337 g/mol. The third kappa shape index (κ3) is 2.73. The standard InChI is InChI=1S/C17H19N7O/c25-16-4-3-13(9-19-16)24-10-12(8-20-24)21-17-15-7-14(11-1-2-11)22-23(15)6-5-18-17/h5-8,10-11,13H,1-4,9H2,(H,18,21)(H,19,25). The molecule has 1 saturated carbocycles. The Balaban J connectivity index is 1.38. The van der Waals surface area contributed by atoms with Crippen LogP contribution in [0.1, 0.15) is 43.3 Å². The summed E-state index contributed by atoms with van der Waals surface area (Å²) in [5, 5.41) is 15.3. The zero-order valence-corrected chi connectivity index (χ0v) is 13.7. The molecule has 0 bridgehead atoms. The molecule has 2 fully saturated rings. The van der Waals surface area contributed by atoms with Crippen molar-refractivity contribution in [1.82, 2.24) is 29.7 Å². The lowest BCUT2D eigenvalue weighted by Gasteiger charge is -2.22. The van der Waals surface area contributed by atoms with Crippen LogP contribution in [0.3, 0.4) is 0 Å². The first-order valence-corrected chi connectivity index (χ1v) is 8.68. The number of fused-ring (bicyclic) bond motifs is 1. The van der Waals surface area contributed by atoms with Gasteiger partial charge in [-0.15, -0.1) is 0 Å². The molecule has 1 amide bonds. The molecule has 8 heteroatoms. The van der Waals surface area contributed by atoms with E-state index in [2.05, 4.69) is 31.9 Å². The maximum Gasteiger partial charge on any atom is 0.220 e. The summed E-state index contributed by atoms with van der Waals surface area (Å²) in [6, 6.07) is 2.32. The van der Waals surface area contributed by atoms with Gasteiger partial charge in [-0.2, -0.15) is 10.2 Å². The number of carbonyl (C=O) groups excluding carboxylic acids is 1. The Bertz CT molecular complexity index is 930. The summed E-state index contributed by atoms with van der Waals surface area (Å²) in [5.74, 6) is 1.50. The minimum atomic E-state index is 0.116. The normalized spacial score (nSPS) is 20.6. The number of carbonyl (C=O) groups is 1. The molecule has 1 aliphatic heterocycles. The second-order valence-corrected chi connectivity index (χ2v) is 6.78. The molecule has 3 aromatic rings. The average Bonchev–Trinajstić information content (AvgIpc) is 3.21. The molecule has 2 N–H and O–H groups in total. The Labute approximate surface area is 144 Å². The van der Waals surface area contributed by atoms with E-state index in [1.54, 1.807) is 12.4 Å². The molecule has 1 unspecified atom stereocenters. The van der Waals surface area contributed by atoms with Crippen molar-refractivity contribution in [2.24, 2.45) is 0 Å². The van der Waals surface area contributed by atoms with Gasteiger partial charge in [0.1, 0.15) is 5.52 Å². The van der Waals surface area contributed by atoms with Crippen LogP contribution < -0.4 is 10.6 Å². The molecular formula is C17H19N7O. The van der Waals surface area contributed by atoms with E-state index < -0.39 is 0 Å². The van der Waals surface area contributed by atoms with Crippen LogP contribution in [-0.4, -0.2) is 36.8 Å². The molecular weight excluding hydrogens is 318 g/mol. The van der Waals surface area contributed by atoms with Crippen molar-refractivity contribution < 1.29 is 4.79 Å². The molecule has 8 nitrogen and oxygen atoms in total. The molecule has 0 spiro atoms. The highest BCUT2D eigenvalue weighted by atomic mass is 16.1. The van der Waals surface area contributed by atoms with Gasteiger partial charge in [-0.1, -0.05) is 0 Å². The molecule has 25 heavy (non-hydrogen) atoms. The minimum Gasteiger partial charge on any atom is -0.354 e. The minimum absolute atomic E-state index is 0.116. The summed E-state index contributed by atoms with van der Waals surface area (Å²) >= 11 is 0. The first kappa shape index (κ1) is 14.4. The van der Waals surface area contributed by atoms with Crippen LogP contribution >= 0.6 is 0 Å². The molecule has 0 radical (unpaired) electrons. The molecule has 1 atom stereocenters. The SMILES string of the molecule is O=C1CCC(n2cc(Nc3nccn4nc(C5CC5)cc34)cn2)CN1. The first-order valence-electron chi connectivity index (χ1n) is 8.68. The summed E-state index contributed by atoms with van der Waals surface area (Å²) < 4.78 is 3.79. The maximum absolute atomic E-state index is 11.3. The van der Waals surface area contributed by atoms with E-state index in [4.69, 9.17) is 0 Å². The van der Waals surface area contributed by atoms with E-state index in [1.165, 1.54) is 12.8 Å². The average molecular weight is 337 g/mol. The van der Waals surface area contributed by atoms with Gasteiger partial charge in [-0.05, 0) is 25.3 Å². The number of hydrogen-bond acceptors (Lipinski definition) is 5. The number of amides is 1. The van der Waals surface area contributed by atoms with Crippen molar-refractivity contribution >= 4 is 22.9 Å². The van der Waals surface area contributed by atoms with E-state index in [0.717, 1.165) is 29.1 Å². The van der Waals surface area contributed by atoms with E-state index in [1.807, 2.05) is 21.6 Å². The van der Waals surface area contributed by atoms with Gasteiger partial charge in [-0.3, -0.25) is 9.48 Å². The highest BCUT2D eigenvalue weighted by molar-refractivity contribution is 5.76. The van der Waals surface area contributed by atoms with Crippen LogP contribution in [0.4, 0.5) is 11.5 Å². The summed E-state index contributed by atoms with van der Waals surface area (Å²) in [6.07, 6.45) is 11.2. The lowest BCUT2D eigenvalue weighted by molar-refractivity contribution is -0.122. The molecule has 4 heterocycles. The van der Waals surface area contributed by atoms with E-state index in [-0.39, 0.29) is 11.9 Å². The Morgan fingerprint density at radius 3 is 3.00 bits per heavy atom. The number of anilines is 2. The van der Waals surface area contributed by atoms with E-state index in [9.17, 15) is 4.79 Å². The van der Waals surface area contributed by atoms with E-state index in [0.29, 0.717) is 18.9 Å². The van der Waals surface area contributed by atoms with Crippen molar-refractivity contribution in [2.45, 2.75) is 37.6 Å². The van der Waals surface area contributed by atoms with Gasteiger partial charge in [0.15, 0.2) is 5.82 Å². The molecule has 2 aliphatic rings. The summed E-state index contributed by atoms with van der Waals surface area (Å²) in [7, 11) is 0. The van der Waals surface area contributed by atoms with Gasteiger partial charge in [0, 0.05) is 37.5 Å². The van der Waals surface area contributed by atoms with Gasteiger partial charge in [0.25, 0.3) is 0 Å². The van der Waals surface area contributed by atoms with Gasteiger partial charge in [0.05, 0.1) is 23.6 Å². The van der Waals surface area contributed by atoms with Crippen molar-refractivity contribution in [1.29, 1.82) is 0 Å². The smallest absolute Gasteiger partial charge is 0.220 e. The lowest BCUT2D eigenvalue weighted by atomic mass is 10.1. The van der Waals surface area contributed by atoms with Crippen molar-refractivity contribution in [3.63, 3.8) is 0 Å². The molecule has 3 aromatic heterocycles. The Kier molecular flexibility index (Phi) is 3.22. The van der Waals surface area contributed by atoms with Crippen LogP contribution in [0, 0.1) is 0 Å². The van der Waals surface area contributed by atoms with Crippen molar-refractivity contribution in [3.05, 3.63) is 36.5 Å². The van der Waals surface area contributed by atoms with E-state index >= 15 is 0 Å². The summed E-state index contributed by atoms with van der Waals surface area (Å²) in [4.78, 5) is 15.8. The van der Waals surface area contributed by atoms with Crippen molar-refractivity contribution in [3.8, 4) is 0 Å². The summed E-state index contributed by atoms with van der Waals surface area (Å²) in [5.41, 5.74) is 3.00. The van der Waals surface area contributed by atoms with Gasteiger partial charge >= 0.3 is 0 Å².